The summed E-state index contributed by atoms with van der Waals surface area (Å²) in [7, 11) is 0. The summed E-state index contributed by atoms with van der Waals surface area (Å²) in [5, 5.41) is 3.90. The Morgan fingerprint density at radius 3 is 2.81 bits per heavy atom. The maximum atomic E-state index is 12.0. The number of piperidine rings is 1. The van der Waals surface area contributed by atoms with Crippen molar-refractivity contribution in [2.24, 2.45) is 0 Å². The normalized spacial score (nSPS) is 16.9. The minimum absolute atomic E-state index is 0.156. The van der Waals surface area contributed by atoms with Gasteiger partial charge in [-0.25, -0.2) is 0 Å². The highest BCUT2D eigenvalue weighted by Crippen LogP contribution is 2.13. The van der Waals surface area contributed by atoms with E-state index in [1.54, 1.807) is 0 Å². The number of nitrogens with zero attached hydrogens (tertiary/aromatic N) is 1. The third kappa shape index (κ3) is 5.68. The molecule has 1 heterocycles. The number of likely N-dealkylation sites (tertiary alicyclic amines) is 1. The molecule has 0 radical (unpaired) electrons. The van der Waals surface area contributed by atoms with E-state index in [4.69, 9.17) is 11.6 Å². The molecule has 0 bridgehead atoms. The topological polar surface area (TPSA) is 32.3 Å². The standard InChI is InChI=1S/C17H25ClN2O/c1-2-10-20-11-8-16(9-12-20)19-17(21)7-6-14-4-3-5-15(18)13-14/h3-5,13,16H,2,6-12H2,1H3,(H,19,21). The Morgan fingerprint density at radius 1 is 1.38 bits per heavy atom. The molecule has 2 rings (SSSR count). The summed E-state index contributed by atoms with van der Waals surface area (Å²) in [6, 6.07) is 8.08. The van der Waals surface area contributed by atoms with E-state index in [1.807, 2.05) is 24.3 Å². The Morgan fingerprint density at radius 2 is 2.14 bits per heavy atom. The van der Waals surface area contributed by atoms with E-state index in [0.29, 0.717) is 12.5 Å². The van der Waals surface area contributed by atoms with Crippen molar-refractivity contribution in [2.75, 3.05) is 19.6 Å². The molecular formula is C17H25ClN2O. The molecule has 1 aliphatic heterocycles. The molecule has 116 valence electrons. The molecule has 1 amide bonds. The van der Waals surface area contributed by atoms with Gasteiger partial charge in [-0.05, 0) is 49.9 Å². The fourth-order valence-electron chi connectivity index (χ4n) is 2.87. The summed E-state index contributed by atoms with van der Waals surface area (Å²) in [4.78, 5) is 14.5. The van der Waals surface area contributed by atoms with Crippen LogP contribution in [-0.2, 0) is 11.2 Å². The lowest BCUT2D eigenvalue weighted by Gasteiger charge is -2.32. The van der Waals surface area contributed by atoms with Gasteiger partial charge in [0.1, 0.15) is 0 Å². The first-order chi connectivity index (χ1) is 10.2. The van der Waals surface area contributed by atoms with E-state index >= 15 is 0 Å². The molecule has 21 heavy (non-hydrogen) atoms. The van der Waals surface area contributed by atoms with E-state index in [-0.39, 0.29) is 5.91 Å². The van der Waals surface area contributed by atoms with Crippen LogP contribution in [0.3, 0.4) is 0 Å². The molecule has 1 aromatic rings. The lowest BCUT2D eigenvalue weighted by Crippen LogP contribution is -2.44. The predicted octanol–water partition coefficient (Wildman–Crippen LogP) is 3.26. The SMILES string of the molecule is CCCN1CCC(NC(=O)CCc2cccc(Cl)c2)CC1. The number of carbonyl (C=O) groups excluding carboxylic acids is 1. The number of hydrogen-bond acceptors (Lipinski definition) is 2. The first kappa shape index (κ1) is 16.3. The van der Waals surface area contributed by atoms with Crippen LogP contribution < -0.4 is 5.32 Å². The molecule has 0 unspecified atom stereocenters. The molecule has 1 saturated heterocycles. The van der Waals surface area contributed by atoms with Crippen molar-refractivity contribution in [3.05, 3.63) is 34.9 Å². The van der Waals surface area contributed by atoms with Gasteiger partial charge < -0.3 is 10.2 Å². The summed E-state index contributed by atoms with van der Waals surface area (Å²) < 4.78 is 0. The van der Waals surface area contributed by atoms with Crippen molar-refractivity contribution in [3.63, 3.8) is 0 Å². The van der Waals surface area contributed by atoms with E-state index in [2.05, 4.69) is 17.1 Å². The third-order valence-electron chi connectivity index (χ3n) is 4.02. The second-order valence-electron chi connectivity index (χ2n) is 5.81. The summed E-state index contributed by atoms with van der Waals surface area (Å²) in [6.45, 7) is 5.60. The van der Waals surface area contributed by atoms with Crippen molar-refractivity contribution < 1.29 is 4.79 Å². The van der Waals surface area contributed by atoms with Crippen LogP contribution in [0, 0.1) is 0 Å². The number of hydrogen-bond donors (Lipinski definition) is 1. The van der Waals surface area contributed by atoms with Gasteiger partial charge >= 0.3 is 0 Å². The van der Waals surface area contributed by atoms with Crippen LogP contribution in [0.4, 0.5) is 0 Å². The lowest BCUT2D eigenvalue weighted by molar-refractivity contribution is -0.122. The average Bonchev–Trinajstić information content (AvgIpc) is 2.48. The highest BCUT2D eigenvalue weighted by molar-refractivity contribution is 6.30. The number of halogens is 1. The third-order valence-corrected chi connectivity index (χ3v) is 4.26. The van der Waals surface area contributed by atoms with Gasteiger partial charge in [0, 0.05) is 30.6 Å². The summed E-state index contributed by atoms with van der Waals surface area (Å²) >= 11 is 5.95. The second-order valence-corrected chi connectivity index (χ2v) is 6.25. The van der Waals surface area contributed by atoms with Crippen molar-refractivity contribution in [1.29, 1.82) is 0 Å². The Labute approximate surface area is 132 Å². The van der Waals surface area contributed by atoms with Gasteiger partial charge in [-0.3, -0.25) is 4.79 Å². The van der Waals surface area contributed by atoms with Gasteiger partial charge in [0.05, 0.1) is 0 Å². The molecule has 0 aromatic heterocycles. The molecule has 0 aliphatic carbocycles. The average molecular weight is 309 g/mol. The first-order valence-electron chi connectivity index (χ1n) is 7.93. The molecule has 1 N–H and O–H groups in total. The molecule has 1 aliphatic rings. The molecule has 0 spiro atoms. The summed E-state index contributed by atoms with van der Waals surface area (Å²) in [5.41, 5.74) is 1.12. The number of rotatable bonds is 6. The minimum atomic E-state index is 0.156. The van der Waals surface area contributed by atoms with Gasteiger partial charge in [-0.15, -0.1) is 0 Å². The highest BCUT2D eigenvalue weighted by atomic mass is 35.5. The van der Waals surface area contributed by atoms with Crippen molar-refractivity contribution >= 4 is 17.5 Å². The lowest BCUT2D eigenvalue weighted by atomic mass is 10.0. The van der Waals surface area contributed by atoms with Gasteiger partial charge in [0.25, 0.3) is 0 Å². The van der Waals surface area contributed by atoms with E-state index in [9.17, 15) is 4.79 Å². The molecule has 4 heteroatoms. The highest BCUT2D eigenvalue weighted by Gasteiger charge is 2.19. The zero-order valence-electron chi connectivity index (χ0n) is 12.8. The maximum Gasteiger partial charge on any atom is 0.220 e. The van der Waals surface area contributed by atoms with Crippen LogP contribution in [0.1, 0.15) is 38.2 Å². The molecular weight excluding hydrogens is 284 g/mol. The van der Waals surface area contributed by atoms with Gasteiger partial charge in [-0.1, -0.05) is 30.7 Å². The largest absolute Gasteiger partial charge is 0.353 e. The molecule has 0 atom stereocenters. The number of carbonyl (C=O) groups is 1. The van der Waals surface area contributed by atoms with Crippen molar-refractivity contribution in [3.8, 4) is 0 Å². The quantitative estimate of drug-likeness (QED) is 0.875. The zero-order chi connectivity index (χ0) is 15.1. The minimum Gasteiger partial charge on any atom is -0.353 e. The van der Waals surface area contributed by atoms with Gasteiger partial charge in [0.15, 0.2) is 0 Å². The molecule has 3 nitrogen and oxygen atoms in total. The predicted molar refractivity (Wildman–Crippen MR) is 87.7 cm³/mol. The second kappa shape index (κ2) is 8.40. The number of amides is 1. The maximum absolute atomic E-state index is 12.0. The van der Waals surface area contributed by atoms with Gasteiger partial charge in [-0.2, -0.15) is 0 Å². The fraction of sp³-hybridized carbons (Fsp3) is 0.588. The van der Waals surface area contributed by atoms with Crippen LogP contribution in [0.2, 0.25) is 5.02 Å². The molecule has 0 saturated carbocycles. The van der Waals surface area contributed by atoms with Crippen LogP contribution in [-0.4, -0.2) is 36.5 Å². The summed E-state index contributed by atoms with van der Waals surface area (Å²) in [6.07, 6.45) is 4.64. The van der Waals surface area contributed by atoms with E-state index in [0.717, 1.165) is 42.9 Å². The van der Waals surface area contributed by atoms with E-state index < -0.39 is 0 Å². The zero-order valence-corrected chi connectivity index (χ0v) is 13.5. The van der Waals surface area contributed by atoms with Crippen LogP contribution in [0.15, 0.2) is 24.3 Å². The van der Waals surface area contributed by atoms with Crippen LogP contribution >= 0.6 is 11.6 Å². The first-order valence-corrected chi connectivity index (χ1v) is 8.31. The summed E-state index contributed by atoms with van der Waals surface area (Å²) in [5.74, 6) is 0.156. The monoisotopic (exact) mass is 308 g/mol. The Bertz CT molecular complexity index is 456. The number of benzene rings is 1. The number of nitrogens with one attached hydrogen (secondary N) is 1. The Kier molecular flexibility index (Phi) is 6.52. The van der Waals surface area contributed by atoms with Crippen LogP contribution in [0.5, 0.6) is 0 Å². The Hall–Kier alpha value is -1.06. The smallest absolute Gasteiger partial charge is 0.220 e. The van der Waals surface area contributed by atoms with Crippen molar-refractivity contribution in [1.82, 2.24) is 10.2 Å². The molecule has 1 aromatic carbocycles. The van der Waals surface area contributed by atoms with Crippen LogP contribution in [0.25, 0.3) is 0 Å². The van der Waals surface area contributed by atoms with Crippen molar-refractivity contribution in [2.45, 2.75) is 45.1 Å². The van der Waals surface area contributed by atoms with Gasteiger partial charge in [0.2, 0.25) is 5.91 Å². The molecule has 1 fully saturated rings. The fourth-order valence-corrected chi connectivity index (χ4v) is 3.08. The van der Waals surface area contributed by atoms with E-state index in [1.165, 1.54) is 13.0 Å². The Balaban J connectivity index is 1.68. The number of aryl methyl sites for hydroxylation is 1.